The topological polar surface area (TPSA) is 85.8 Å². The quantitative estimate of drug-likeness (QED) is 0.344. The molecule has 154 valence electrons. The summed E-state index contributed by atoms with van der Waals surface area (Å²) in [5, 5.41) is 15.6. The first-order valence-corrected chi connectivity index (χ1v) is 10.9. The summed E-state index contributed by atoms with van der Waals surface area (Å²) in [5.74, 6) is -0.0294. The van der Waals surface area contributed by atoms with E-state index in [2.05, 4.69) is 28.3 Å². The van der Waals surface area contributed by atoms with Crippen molar-refractivity contribution in [3.05, 3.63) is 56.2 Å². The van der Waals surface area contributed by atoms with Crippen LogP contribution in [0.2, 0.25) is 0 Å². The summed E-state index contributed by atoms with van der Waals surface area (Å²) in [6.07, 6.45) is 6.45. The number of rotatable bonds is 7. The number of hydrogen-bond donors (Lipinski definition) is 4. The van der Waals surface area contributed by atoms with Gasteiger partial charge in [0.2, 0.25) is 5.88 Å². The molecule has 6 nitrogen and oxygen atoms in total. The van der Waals surface area contributed by atoms with E-state index in [-0.39, 0.29) is 16.2 Å². The smallest absolute Gasteiger partial charge is 0.260 e. The first-order chi connectivity index (χ1) is 14.1. The second-order valence-electron chi connectivity index (χ2n) is 7.76. The average molecular weight is 413 g/mol. The molecule has 1 atom stereocenters. The van der Waals surface area contributed by atoms with Gasteiger partial charge in [-0.3, -0.25) is 14.3 Å². The highest BCUT2D eigenvalue weighted by atomic mass is 32.1. The van der Waals surface area contributed by atoms with Crippen LogP contribution in [-0.4, -0.2) is 26.2 Å². The average Bonchev–Trinajstić information content (AvgIpc) is 3.09. The van der Waals surface area contributed by atoms with Crippen molar-refractivity contribution in [3.63, 3.8) is 0 Å². The van der Waals surface area contributed by atoms with E-state index in [1.165, 1.54) is 30.2 Å². The molecule has 1 aliphatic heterocycles. The maximum atomic E-state index is 12.8. The Morgan fingerprint density at radius 1 is 1.17 bits per heavy atom. The number of aromatic hydroxyl groups is 1. The van der Waals surface area contributed by atoms with Gasteiger partial charge < -0.3 is 15.4 Å². The SMILES string of the molecule is CCCCCCCn1c(O)c(C2NCCc3c2[nH]c2ccccc32)c(=O)[nH]c1=S. The molecule has 29 heavy (non-hydrogen) atoms. The van der Waals surface area contributed by atoms with Crippen molar-refractivity contribution in [3.8, 4) is 5.88 Å². The Morgan fingerprint density at radius 3 is 2.79 bits per heavy atom. The molecule has 0 amide bonds. The summed E-state index contributed by atoms with van der Waals surface area (Å²) in [5.41, 5.74) is 3.20. The summed E-state index contributed by atoms with van der Waals surface area (Å²) in [4.78, 5) is 19.0. The standard InChI is InChI=1S/C22H28N4O2S/c1-2-3-4-5-8-13-26-21(28)17(20(27)25-22(26)29)19-18-15(11-12-23-19)14-9-6-7-10-16(14)24-18/h6-7,9-10,19,23-24,28H,2-5,8,11-13H2,1H3,(H,25,27,29). The fraction of sp³-hybridized carbons (Fsp3) is 0.455. The van der Waals surface area contributed by atoms with Crippen LogP contribution in [0.15, 0.2) is 29.1 Å². The summed E-state index contributed by atoms with van der Waals surface area (Å²) in [7, 11) is 0. The third-order valence-electron chi connectivity index (χ3n) is 5.84. The fourth-order valence-electron chi connectivity index (χ4n) is 4.34. The molecule has 2 aromatic heterocycles. The predicted molar refractivity (Wildman–Crippen MR) is 118 cm³/mol. The van der Waals surface area contributed by atoms with Crippen LogP contribution in [0.5, 0.6) is 5.88 Å². The van der Waals surface area contributed by atoms with Crippen LogP contribution in [0.4, 0.5) is 0 Å². The summed E-state index contributed by atoms with van der Waals surface area (Å²) in [6, 6.07) is 7.76. The van der Waals surface area contributed by atoms with Crippen LogP contribution in [0.25, 0.3) is 10.9 Å². The second-order valence-corrected chi connectivity index (χ2v) is 8.15. The van der Waals surface area contributed by atoms with E-state index in [0.29, 0.717) is 12.1 Å². The Hall–Kier alpha value is -2.38. The Morgan fingerprint density at radius 2 is 1.97 bits per heavy atom. The van der Waals surface area contributed by atoms with Crippen LogP contribution in [0, 0.1) is 4.77 Å². The van der Waals surface area contributed by atoms with E-state index in [9.17, 15) is 9.90 Å². The zero-order chi connectivity index (χ0) is 20.4. The summed E-state index contributed by atoms with van der Waals surface area (Å²) >= 11 is 5.34. The van der Waals surface area contributed by atoms with Crippen LogP contribution < -0.4 is 10.9 Å². The number of nitrogens with zero attached hydrogens (tertiary/aromatic N) is 1. The number of unbranched alkanes of at least 4 members (excludes halogenated alkanes) is 4. The lowest BCUT2D eigenvalue weighted by atomic mass is 9.95. The number of para-hydroxylation sites is 1. The molecule has 0 bridgehead atoms. The number of hydrogen-bond acceptors (Lipinski definition) is 4. The lowest BCUT2D eigenvalue weighted by Crippen LogP contribution is -2.35. The highest BCUT2D eigenvalue weighted by molar-refractivity contribution is 7.71. The van der Waals surface area contributed by atoms with Gasteiger partial charge in [-0.2, -0.15) is 0 Å². The predicted octanol–water partition coefficient (Wildman–Crippen LogP) is 4.30. The zero-order valence-corrected chi connectivity index (χ0v) is 17.6. The molecule has 4 N–H and O–H groups in total. The maximum absolute atomic E-state index is 12.8. The van der Waals surface area contributed by atoms with Crippen LogP contribution in [-0.2, 0) is 13.0 Å². The summed E-state index contributed by atoms with van der Waals surface area (Å²) in [6.45, 7) is 3.53. The van der Waals surface area contributed by atoms with E-state index in [0.717, 1.165) is 37.0 Å². The third-order valence-corrected chi connectivity index (χ3v) is 6.16. The molecule has 1 aliphatic rings. The molecule has 1 aromatic carbocycles. The van der Waals surface area contributed by atoms with Gasteiger partial charge in [0, 0.05) is 29.7 Å². The molecule has 4 rings (SSSR count). The highest BCUT2D eigenvalue weighted by Gasteiger charge is 2.30. The third kappa shape index (κ3) is 3.76. The molecule has 3 heterocycles. The van der Waals surface area contributed by atoms with Crippen molar-refractivity contribution >= 4 is 23.1 Å². The largest absolute Gasteiger partial charge is 0.494 e. The van der Waals surface area contributed by atoms with Crippen molar-refractivity contribution in [2.75, 3.05) is 6.54 Å². The van der Waals surface area contributed by atoms with Gasteiger partial charge in [-0.05, 0) is 36.7 Å². The monoisotopic (exact) mass is 412 g/mol. The molecule has 0 saturated heterocycles. The van der Waals surface area contributed by atoms with Gasteiger partial charge in [0.15, 0.2) is 4.77 Å². The number of aromatic nitrogens is 3. The number of fused-ring (bicyclic) bond motifs is 3. The minimum atomic E-state index is -0.392. The molecule has 7 heteroatoms. The Labute approximate surface area is 175 Å². The number of H-pyrrole nitrogens is 2. The van der Waals surface area contributed by atoms with Crippen molar-refractivity contribution in [1.82, 2.24) is 19.9 Å². The molecular weight excluding hydrogens is 384 g/mol. The van der Waals surface area contributed by atoms with Gasteiger partial charge in [-0.15, -0.1) is 0 Å². The van der Waals surface area contributed by atoms with Crippen molar-refractivity contribution < 1.29 is 5.11 Å². The molecule has 0 spiro atoms. The lowest BCUT2D eigenvalue weighted by molar-refractivity contribution is 0.380. The Bertz CT molecular complexity index is 1130. The van der Waals surface area contributed by atoms with E-state index < -0.39 is 6.04 Å². The molecule has 0 radical (unpaired) electrons. The second kappa shape index (κ2) is 8.55. The van der Waals surface area contributed by atoms with E-state index in [1.807, 2.05) is 18.2 Å². The molecule has 1 unspecified atom stereocenters. The van der Waals surface area contributed by atoms with Crippen molar-refractivity contribution in [2.24, 2.45) is 0 Å². The van der Waals surface area contributed by atoms with Crippen molar-refractivity contribution in [1.29, 1.82) is 0 Å². The van der Waals surface area contributed by atoms with Gasteiger partial charge in [0.05, 0.1) is 6.04 Å². The van der Waals surface area contributed by atoms with E-state index >= 15 is 0 Å². The molecule has 3 aromatic rings. The highest BCUT2D eigenvalue weighted by Crippen LogP contribution is 2.35. The van der Waals surface area contributed by atoms with Gasteiger partial charge >= 0.3 is 0 Å². The molecule has 0 saturated carbocycles. The maximum Gasteiger partial charge on any atom is 0.260 e. The number of nitrogens with one attached hydrogen (secondary N) is 3. The molecular formula is C22H28N4O2S. The Kier molecular flexibility index (Phi) is 5.87. The van der Waals surface area contributed by atoms with Gasteiger partial charge in [-0.25, -0.2) is 0 Å². The first-order valence-electron chi connectivity index (χ1n) is 10.5. The Balaban J connectivity index is 1.72. The summed E-state index contributed by atoms with van der Waals surface area (Å²) < 4.78 is 1.94. The minimum absolute atomic E-state index is 0.0294. The van der Waals surface area contributed by atoms with Gasteiger partial charge in [0.1, 0.15) is 5.56 Å². The molecule has 0 aliphatic carbocycles. The number of benzene rings is 1. The molecule has 0 fully saturated rings. The van der Waals surface area contributed by atoms with Crippen LogP contribution >= 0.6 is 12.2 Å². The van der Waals surface area contributed by atoms with Crippen LogP contribution in [0.1, 0.15) is 61.9 Å². The zero-order valence-electron chi connectivity index (χ0n) is 16.8. The minimum Gasteiger partial charge on any atom is -0.494 e. The van der Waals surface area contributed by atoms with Gasteiger partial charge in [0.25, 0.3) is 5.56 Å². The van der Waals surface area contributed by atoms with Gasteiger partial charge in [-0.1, -0.05) is 50.8 Å². The fourth-order valence-corrected chi connectivity index (χ4v) is 4.61. The lowest BCUT2D eigenvalue weighted by Gasteiger charge is -2.25. The van der Waals surface area contributed by atoms with E-state index in [1.54, 1.807) is 4.57 Å². The van der Waals surface area contributed by atoms with E-state index in [4.69, 9.17) is 12.2 Å². The van der Waals surface area contributed by atoms with Crippen LogP contribution in [0.3, 0.4) is 0 Å². The number of aromatic amines is 2. The normalized spacial score (nSPS) is 16.2. The van der Waals surface area contributed by atoms with Crippen molar-refractivity contribution in [2.45, 2.75) is 58.0 Å². The first kappa shape index (κ1) is 19.9.